The SMILES string of the molecule is C=CC(=O)NC1CN(C(=O)CN2CCCC2)CC1Nc1ncc2cc(-c3c(Cl)c(OC)cc(OC)c3Cl)c(=O)n(CC3CCN(C(=O)C=C)CC3)c2n1. The van der Waals surface area contributed by atoms with Gasteiger partial charge in [-0.05, 0) is 62.9 Å². The maximum Gasteiger partial charge on any atom is 0.260 e. The molecule has 14 nitrogen and oxygen atoms in total. The molecule has 0 bridgehead atoms. The molecule has 3 saturated heterocycles. The lowest BCUT2D eigenvalue weighted by Crippen LogP contribution is -2.45. The zero-order chi connectivity index (χ0) is 37.8. The van der Waals surface area contributed by atoms with Gasteiger partial charge in [0.1, 0.15) is 17.1 Å². The summed E-state index contributed by atoms with van der Waals surface area (Å²) in [5, 5.41) is 7.12. The lowest BCUT2D eigenvalue weighted by molar-refractivity contribution is -0.131. The van der Waals surface area contributed by atoms with E-state index >= 15 is 0 Å². The third-order valence-corrected chi connectivity index (χ3v) is 11.0. The number of carbonyl (C=O) groups is 3. The molecule has 3 aliphatic heterocycles. The molecule has 2 atom stereocenters. The Morgan fingerprint density at radius 1 is 0.943 bits per heavy atom. The molecule has 282 valence electrons. The third kappa shape index (κ3) is 8.14. The normalized spacial score (nSPS) is 19.3. The summed E-state index contributed by atoms with van der Waals surface area (Å²) in [5.41, 5.74) is 0.448. The number of ether oxygens (including phenoxy) is 2. The molecule has 3 aromatic rings. The Morgan fingerprint density at radius 3 is 2.23 bits per heavy atom. The quantitative estimate of drug-likeness (QED) is 0.262. The average molecular weight is 768 g/mol. The van der Waals surface area contributed by atoms with Crippen molar-refractivity contribution >= 4 is 57.9 Å². The van der Waals surface area contributed by atoms with Crippen molar-refractivity contribution in [3.05, 3.63) is 64.0 Å². The second kappa shape index (κ2) is 16.6. The van der Waals surface area contributed by atoms with Crippen LogP contribution in [0.1, 0.15) is 25.7 Å². The number of carbonyl (C=O) groups excluding carboxylic acids is 3. The highest BCUT2D eigenvalue weighted by molar-refractivity contribution is 6.41. The van der Waals surface area contributed by atoms with Crippen LogP contribution >= 0.6 is 23.2 Å². The molecular weight excluding hydrogens is 723 g/mol. The first kappa shape index (κ1) is 38.1. The number of piperidine rings is 1. The van der Waals surface area contributed by atoms with Gasteiger partial charge in [-0.15, -0.1) is 0 Å². The topological polar surface area (TPSA) is 151 Å². The number of benzene rings is 1. The molecule has 3 fully saturated rings. The van der Waals surface area contributed by atoms with E-state index in [1.165, 1.54) is 26.4 Å². The zero-order valence-electron chi connectivity index (χ0n) is 29.9. The molecule has 0 radical (unpaired) electrons. The van der Waals surface area contributed by atoms with E-state index in [1.54, 1.807) is 32.7 Å². The highest BCUT2D eigenvalue weighted by Crippen LogP contribution is 2.45. The number of aromatic nitrogens is 3. The van der Waals surface area contributed by atoms with Crippen LogP contribution in [0.25, 0.3) is 22.2 Å². The number of pyridine rings is 1. The van der Waals surface area contributed by atoms with Crippen LogP contribution in [0.15, 0.2) is 48.4 Å². The first-order chi connectivity index (χ1) is 25.5. The fourth-order valence-electron chi connectivity index (χ4n) is 7.36. The molecule has 16 heteroatoms. The van der Waals surface area contributed by atoms with E-state index in [-0.39, 0.29) is 67.8 Å². The summed E-state index contributed by atoms with van der Waals surface area (Å²) in [5.74, 6) is 0.337. The largest absolute Gasteiger partial charge is 0.495 e. The van der Waals surface area contributed by atoms with Gasteiger partial charge in [-0.3, -0.25) is 28.6 Å². The van der Waals surface area contributed by atoms with E-state index < -0.39 is 12.1 Å². The molecule has 5 heterocycles. The van der Waals surface area contributed by atoms with Crippen LogP contribution in [0, 0.1) is 5.92 Å². The Balaban J connectivity index is 1.37. The number of fused-ring (bicyclic) bond motifs is 1. The second-order valence-corrected chi connectivity index (χ2v) is 14.3. The Morgan fingerprint density at radius 2 is 1.60 bits per heavy atom. The summed E-state index contributed by atoms with van der Waals surface area (Å²) in [6.45, 7) is 11.3. The standard InChI is InChI=1S/C37H44Cl2N8O6/c1-5-29(48)41-25-19-46(31(50)21-44-11-7-8-12-44)20-26(25)42-37-40-17-23-15-24(32-33(38)27(52-3)16-28(53-4)34(32)39)36(51)47(35(23)43-37)18-22-9-13-45(14-10-22)30(49)6-2/h5-6,15-17,22,25-26H,1-2,7-14,18-21H2,3-4H3,(H,41,48)(H,40,42,43). The van der Waals surface area contributed by atoms with Gasteiger partial charge in [0.25, 0.3) is 5.56 Å². The first-order valence-corrected chi connectivity index (χ1v) is 18.4. The average Bonchev–Trinajstić information content (AvgIpc) is 3.83. The summed E-state index contributed by atoms with van der Waals surface area (Å²) < 4.78 is 12.6. The minimum absolute atomic E-state index is 0.0119. The van der Waals surface area contributed by atoms with E-state index in [0.29, 0.717) is 63.1 Å². The van der Waals surface area contributed by atoms with E-state index in [9.17, 15) is 19.2 Å². The number of rotatable bonds is 12. The minimum Gasteiger partial charge on any atom is -0.495 e. The van der Waals surface area contributed by atoms with Crippen molar-refractivity contribution in [2.75, 3.05) is 65.3 Å². The summed E-state index contributed by atoms with van der Waals surface area (Å²) in [6, 6.07) is 2.34. The number of anilines is 1. The Bertz CT molecular complexity index is 1950. The summed E-state index contributed by atoms with van der Waals surface area (Å²) in [6.07, 6.45) is 7.59. The van der Waals surface area contributed by atoms with E-state index in [4.69, 9.17) is 37.7 Å². The van der Waals surface area contributed by atoms with E-state index in [1.807, 2.05) is 0 Å². The molecule has 2 unspecified atom stereocenters. The van der Waals surface area contributed by atoms with Gasteiger partial charge in [-0.25, -0.2) is 4.98 Å². The van der Waals surface area contributed by atoms with Gasteiger partial charge in [0.2, 0.25) is 23.7 Å². The number of nitrogens with zero attached hydrogens (tertiary/aromatic N) is 6. The van der Waals surface area contributed by atoms with Crippen molar-refractivity contribution in [3.63, 3.8) is 0 Å². The summed E-state index contributed by atoms with van der Waals surface area (Å²) in [7, 11) is 2.92. The van der Waals surface area contributed by atoms with Gasteiger partial charge in [0.05, 0.1) is 48.5 Å². The van der Waals surface area contributed by atoms with Crippen LogP contribution in [-0.2, 0) is 20.9 Å². The van der Waals surface area contributed by atoms with Crippen LogP contribution in [-0.4, -0.2) is 119 Å². The molecular formula is C37H44Cl2N8O6. The van der Waals surface area contributed by atoms with Crippen LogP contribution < -0.4 is 25.7 Å². The van der Waals surface area contributed by atoms with Crippen LogP contribution in [0.2, 0.25) is 10.0 Å². The Hall–Kier alpha value is -4.66. The maximum atomic E-state index is 14.6. The van der Waals surface area contributed by atoms with Gasteiger partial charge in [0.15, 0.2) is 0 Å². The number of nitrogens with one attached hydrogen (secondary N) is 2. The fraction of sp³-hybridized carbons (Fsp3) is 0.459. The smallest absolute Gasteiger partial charge is 0.260 e. The number of halogens is 2. The number of hydrogen-bond acceptors (Lipinski definition) is 10. The molecule has 3 aliphatic rings. The predicted octanol–water partition coefficient (Wildman–Crippen LogP) is 3.60. The van der Waals surface area contributed by atoms with Gasteiger partial charge in [0, 0.05) is 55.9 Å². The van der Waals surface area contributed by atoms with Gasteiger partial charge >= 0.3 is 0 Å². The molecule has 0 saturated carbocycles. The molecule has 2 aromatic heterocycles. The fourth-order valence-corrected chi connectivity index (χ4v) is 8.07. The zero-order valence-corrected chi connectivity index (χ0v) is 31.4. The van der Waals surface area contributed by atoms with Crippen molar-refractivity contribution in [1.29, 1.82) is 0 Å². The monoisotopic (exact) mass is 766 g/mol. The molecule has 3 amide bonds. The van der Waals surface area contributed by atoms with Crippen molar-refractivity contribution in [2.45, 2.75) is 44.3 Å². The van der Waals surface area contributed by atoms with Crippen molar-refractivity contribution in [2.24, 2.45) is 5.92 Å². The molecule has 0 spiro atoms. The first-order valence-electron chi connectivity index (χ1n) is 17.7. The summed E-state index contributed by atoms with van der Waals surface area (Å²) in [4.78, 5) is 67.7. The lowest BCUT2D eigenvalue weighted by Gasteiger charge is -2.31. The second-order valence-electron chi connectivity index (χ2n) is 13.6. The van der Waals surface area contributed by atoms with E-state index in [0.717, 1.165) is 25.9 Å². The Kier molecular flexibility index (Phi) is 11.9. The van der Waals surface area contributed by atoms with Gasteiger partial charge in [-0.2, -0.15) is 4.98 Å². The number of amides is 3. The predicted molar refractivity (Wildman–Crippen MR) is 204 cm³/mol. The van der Waals surface area contributed by atoms with E-state index in [2.05, 4.69) is 33.7 Å². The van der Waals surface area contributed by atoms with Crippen molar-refractivity contribution < 1.29 is 23.9 Å². The Labute approximate surface area is 317 Å². The third-order valence-electron chi connectivity index (χ3n) is 10.3. The minimum atomic E-state index is -0.442. The molecule has 1 aromatic carbocycles. The highest BCUT2D eigenvalue weighted by atomic mass is 35.5. The summed E-state index contributed by atoms with van der Waals surface area (Å²) >= 11 is 13.6. The molecule has 0 aliphatic carbocycles. The molecule has 53 heavy (non-hydrogen) atoms. The van der Waals surface area contributed by atoms with Crippen molar-refractivity contribution in [3.8, 4) is 22.6 Å². The molecule has 2 N–H and O–H groups in total. The molecule has 6 rings (SSSR count). The highest BCUT2D eigenvalue weighted by Gasteiger charge is 2.37. The van der Waals surface area contributed by atoms with Gasteiger partial charge in [-0.1, -0.05) is 36.4 Å². The maximum absolute atomic E-state index is 14.6. The van der Waals surface area contributed by atoms with Crippen LogP contribution in [0.3, 0.4) is 0 Å². The van der Waals surface area contributed by atoms with Gasteiger partial charge < -0.3 is 29.9 Å². The van der Waals surface area contributed by atoms with Crippen LogP contribution in [0.5, 0.6) is 11.5 Å². The number of likely N-dealkylation sites (tertiary alicyclic amines) is 3. The number of hydrogen-bond donors (Lipinski definition) is 2. The van der Waals surface area contributed by atoms with Crippen LogP contribution in [0.4, 0.5) is 5.95 Å². The van der Waals surface area contributed by atoms with Crippen molar-refractivity contribution in [1.82, 2.24) is 34.6 Å². The number of methoxy groups -OCH3 is 2. The lowest BCUT2D eigenvalue weighted by atomic mass is 9.96.